The minimum atomic E-state index is -8.21. The summed E-state index contributed by atoms with van der Waals surface area (Å²) in [6.45, 7) is 0. The second-order valence-corrected chi connectivity index (χ2v) is 8.79. The summed E-state index contributed by atoms with van der Waals surface area (Å²) >= 11 is 0. The SMILES string of the molecule is O=S(=O)(NS(=O)(=O)C(F)(F)C(F)(F)OC(F)(F)C(F)F)C(F)(F)C(F)(F)OC(F)(F)C(F)F.[Li]. The molecule has 0 aliphatic rings. The average molecular weight is 584 g/mol. The monoisotopic (exact) mass is 584 g/mol. The van der Waals surface area contributed by atoms with Gasteiger partial charge in [0.05, 0.1) is 0 Å². The summed E-state index contributed by atoms with van der Waals surface area (Å²) in [6.07, 6.45) is -38.8. The topological polar surface area (TPSA) is 98.8 Å². The molecule has 0 fully saturated rings. The van der Waals surface area contributed by atoms with Crippen molar-refractivity contribution in [3.05, 3.63) is 0 Å². The maximum atomic E-state index is 13.3. The first kappa shape index (κ1) is 35.4. The first-order chi connectivity index (χ1) is 14.0. The van der Waals surface area contributed by atoms with Gasteiger partial charge in [-0.1, -0.05) is 4.13 Å². The standard InChI is InChI=1S/C8H3F16NO6S2.Li/c9-1(10)3(13,14)30-5(17,18)7(21,22)32(26,27)25-33(28,29)8(23,24)6(19,20)31-4(15,16)2(11)12;/h1-2,25H;. The molecule has 1 radical (unpaired) electrons. The quantitative estimate of drug-likeness (QED) is 0.280. The van der Waals surface area contributed by atoms with Crippen molar-refractivity contribution >= 4 is 38.9 Å². The summed E-state index contributed by atoms with van der Waals surface area (Å²) in [5.41, 5.74) is 0. The molecule has 201 valence electrons. The molecule has 0 amide bonds. The average Bonchev–Trinajstić information content (AvgIpc) is 2.50. The number of sulfonamides is 2. The molecule has 0 spiro atoms. The number of hydrogen-bond acceptors (Lipinski definition) is 6. The molecule has 0 bridgehead atoms. The van der Waals surface area contributed by atoms with Crippen LogP contribution in [0.4, 0.5) is 70.2 Å². The van der Waals surface area contributed by atoms with E-state index in [1.54, 1.807) is 9.47 Å². The maximum absolute atomic E-state index is 13.3. The van der Waals surface area contributed by atoms with Crippen molar-refractivity contribution in [3.63, 3.8) is 0 Å². The molecule has 0 heterocycles. The Labute approximate surface area is 188 Å². The summed E-state index contributed by atoms with van der Waals surface area (Å²) in [4.78, 5) is 0. The fraction of sp³-hybridized carbons (Fsp3) is 1.00. The first-order valence-electron chi connectivity index (χ1n) is 6.52. The molecule has 0 aromatic rings. The van der Waals surface area contributed by atoms with E-state index in [4.69, 9.17) is 0 Å². The Hall–Kier alpha value is -0.743. The molecule has 0 saturated carbocycles. The van der Waals surface area contributed by atoms with E-state index in [0.717, 1.165) is 0 Å². The van der Waals surface area contributed by atoms with Gasteiger partial charge in [-0.3, -0.25) is 0 Å². The van der Waals surface area contributed by atoms with Gasteiger partial charge in [0.15, 0.2) is 0 Å². The second kappa shape index (κ2) is 9.96. The van der Waals surface area contributed by atoms with Crippen LogP contribution in [0.25, 0.3) is 0 Å². The Morgan fingerprint density at radius 3 is 0.912 bits per heavy atom. The number of alkyl halides is 16. The van der Waals surface area contributed by atoms with Gasteiger partial charge in [0.2, 0.25) is 0 Å². The van der Waals surface area contributed by atoms with Crippen molar-refractivity contribution in [2.45, 2.75) is 47.8 Å². The van der Waals surface area contributed by atoms with E-state index in [1.807, 2.05) is 0 Å². The van der Waals surface area contributed by atoms with E-state index in [-0.39, 0.29) is 18.9 Å². The molecule has 0 unspecified atom stereocenters. The molecule has 0 rings (SSSR count). The number of halogens is 16. The minimum absolute atomic E-state index is 0. The van der Waals surface area contributed by atoms with Gasteiger partial charge >= 0.3 is 47.8 Å². The van der Waals surface area contributed by atoms with Crippen LogP contribution >= 0.6 is 0 Å². The number of rotatable bonds is 12. The molecule has 0 aliphatic heterocycles. The fourth-order valence-electron chi connectivity index (χ4n) is 1.11. The molecular weight excluding hydrogens is 581 g/mol. The molecule has 0 aromatic heterocycles. The summed E-state index contributed by atoms with van der Waals surface area (Å²) in [5, 5.41) is -15.1. The zero-order valence-electron chi connectivity index (χ0n) is 15.0. The molecule has 26 heteroatoms. The van der Waals surface area contributed by atoms with Crippen molar-refractivity contribution in [2.75, 3.05) is 0 Å². The molecule has 0 saturated heterocycles. The number of nitrogens with one attached hydrogen (secondary N) is 1. The van der Waals surface area contributed by atoms with Crippen LogP contribution in [0.5, 0.6) is 0 Å². The molecule has 34 heavy (non-hydrogen) atoms. The maximum Gasteiger partial charge on any atom is 0.449 e. The Bertz CT molecular complexity index is 848. The van der Waals surface area contributed by atoms with E-state index in [1.165, 1.54) is 0 Å². The van der Waals surface area contributed by atoms with E-state index in [0.29, 0.717) is 0 Å². The molecule has 0 aliphatic carbocycles. The van der Waals surface area contributed by atoms with Crippen LogP contribution in [-0.4, -0.2) is 83.5 Å². The smallest absolute Gasteiger partial charge is 0.245 e. The van der Waals surface area contributed by atoms with Crippen LogP contribution in [0.15, 0.2) is 0 Å². The van der Waals surface area contributed by atoms with Gasteiger partial charge in [-0.25, -0.2) is 43.9 Å². The van der Waals surface area contributed by atoms with Crippen LogP contribution in [0.2, 0.25) is 0 Å². The normalized spacial score (nSPS) is 15.6. The second-order valence-electron chi connectivity index (χ2n) is 5.09. The van der Waals surface area contributed by atoms with Crippen molar-refractivity contribution in [1.29, 1.82) is 0 Å². The summed E-state index contributed by atoms with van der Waals surface area (Å²) in [6, 6.07) is 0. The molecular formula is C8H3F16LiNO6S2. The van der Waals surface area contributed by atoms with Crippen LogP contribution in [0.1, 0.15) is 0 Å². The van der Waals surface area contributed by atoms with Gasteiger partial charge in [-0.2, -0.15) is 52.7 Å². The number of ether oxygens (including phenoxy) is 2. The third-order valence-corrected chi connectivity index (χ3v) is 6.19. The minimum Gasteiger partial charge on any atom is -0.245 e. The third-order valence-electron chi connectivity index (χ3n) is 2.61. The van der Waals surface area contributed by atoms with Crippen LogP contribution in [0.3, 0.4) is 0 Å². The van der Waals surface area contributed by atoms with Crippen LogP contribution in [0, 0.1) is 0 Å². The van der Waals surface area contributed by atoms with Gasteiger partial charge in [0, 0.05) is 18.9 Å². The fourth-order valence-corrected chi connectivity index (χ4v) is 3.81. The van der Waals surface area contributed by atoms with Gasteiger partial charge in [0.1, 0.15) is 0 Å². The van der Waals surface area contributed by atoms with Crippen molar-refractivity contribution in [3.8, 4) is 0 Å². The molecule has 0 atom stereocenters. The number of hydrogen-bond donors (Lipinski definition) is 1. The summed E-state index contributed by atoms with van der Waals surface area (Å²) in [7, 11) is -16.4. The zero-order valence-corrected chi connectivity index (χ0v) is 16.6. The van der Waals surface area contributed by atoms with E-state index in [9.17, 15) is 87.1 Å². The largest absolute Gasteiger partial charge is 0.449 e. The summed E-state index contributed by atoms with van der Waals surface area (Å²) < 4.78 is 248. The summed E-state index contributed by atoms with van der Waals surface area (Å²) in [5.74, 6) is 0. The van der Waals surface area contributed by atoms with Gasteiger partial charge in [0.25, 0.3) is 20.0 Å². The van der Waals surface area contributed by atoms with E-state index < -0.39 is 72.0 Å². The van der Waals surface area contributed by atoms with E-state index >= 15 is 0 Å². The van der Waals surface area contributed by atoms with Crippen molar-refractivity contribution in [2.24, 2.45) is 0 Å². The van der Waals surface area contributed by atoms with Crippen molar-refractivity contribution in [1.82, 2.24) is 4.13 Å². The van der Waals surface area contributed by atoms with Crippen LogP contribution < -0.4 is 4.13 Å². The predicted octanol–water partition coefficient (Wildman–Crippen LogP) is 2.98. The first-order valence-corrected chi connectivity index (χ1v) is 9.48. The predicted molar refractivity (Wildman–Crippen MR) is 70.6 cm³/mol. The van der Waals surface area contributed by atoms with Gasteiger partial charge < -0.3 is 0 Å². The zero-order chi connectivity index (χ0) is 27.3. The van der Waals surface area contributed by atoms with Gasteiger partial charge in [-0.05, 0) is 0 Å². The molecule has 0 aromatic carbocycles. The molecule has 7 nitrogen and oxygen atoms in total. The Morgan fingerprint density at radius 2 is 0.735 bits per heavy atom. The van der Waals surface area contributed by atoms with E-state index in [2.05, 4.69) is 0 Å². The van der Waals surface area contributed by atoms with Gasteiger partial charge in [-0.15, -0.1) is 0 Å². The Morgan fingerprint density at radius 1 is 0.529 bits per heavy atom. The third kappa shape index (κ3) is 6.72. The van der Waals surface area contributed by atoms with Crippen molar-refractivity contribution < 1.29 is 96.6 Å². The Balaban J connectivity index is 0. The molecule has 1 N–H and O–H groups in total. The Kier molecular flexibility index (Phi) is 10.4. The van der Waals surface area contributed by atoms with Crippen LogP contribution in [-0.2, 0) is 29.5 Å².